The molecule has 0 saturated carbocycles. The molecule has 0 bridgehead atoms. The number of furan rings is 1. The molecule has 0 atom stereocenters. The van der Waals surface area contributed by atoms with Crippen LogP contribution in [-0.4, -0.2) is 23.9 Å². The number of hydrogen-bond acceptors (Lipinski definition) is 4. The number of nitrogens with zero attached hydrogens (tertiary/aromatic N) is 3. The van der Waals surface area contributed by atoms with Crippen LogP contribution in [-0.2, 0) is 0 Å². The van der Waals surface area contributed by atoms with E-state index in [0.717, 1.165) is 34.3 Å². The van der Waals surface area contributed by atoms with Crippen LogP contribution in [0.4, 0.5) is 5.69 Å². The largest absolute Gasteiger partial charge is 0.454 e. The monoisotopic (exact) mass is 279 g/mol. The van der Waals surface area contributed by atoms with Crippen LogP contribution in [0.1, 0.15) is 13.8 Å². The minimum Gasteiger partial charge on any atom is -0.454 e. The Kier molecular flexibility index (Phi) is 2.64. The van der Waals surface area contributed by atoms with Crippen LogP contribution in [0.25, 0.3) is 21.9 Å². The maximum atomic E-state index is 6.06. The molecule has 2 heterocycles. The average Bonchev–Trinajstić information content (AvgIpc) is 3.11. The Labute approximate surface area is 123 Å². The fourth-order valence-corrected chi connectivity index (χ4v) is 2.73. The van der Waals surface area contributed by atoms with E-state index in [4.69, 9.17) is 4.42 Å². The summed E-state index contributed by atoms with van der Waals surface area (Å²) in [7, 11) is 0. The molecule has 2 aromatic carbocycles. The minimum atomic E-state index is 0.439. The molecule has 4 rings (SSSR count). The molecule has 0 aliphatic carbocycles. The van der Waals surface area contributed by atoms with Gasteiger partial charge in [-0.15, -0.1) is 0 Å². The number of rotatable bonds is 2. The zero-order chi connectivity index (χ0) is 14.4. The number of hydrogen-bond donors (Lipinski definition) is 0. The molecule has 0 N–H and O–H groups in total. The third-order valence-corrected chi connectivity index (χ3v) is 3.96. The summed E-state index contributed by atoms with van der Waals surface area (Å²) in [5, 5.41) is 8.79. The van der Waals surface area contributed by atoms with Gasteiger partial charge in [0.2, 0.25) is 0 Å². The fourth-order valence-electron chi connectivity index (χ4n) is 2.73. The number of benzene rings is 2. The molecule has 0 unspecified atom stereocenters. The van der Waals surface area contributed by atoms with Gasteiger partial charge in [-0.25, -0.2) is 5.01 Å². The predicted molar refractivity (Wildman–Crippen MR) is 86.5 cm³/mol. The molecule has 0 amide bonds. The van der Waals surface area contributed by atoms with Crippen LogP contribution in [0.5, 0.6) is 0 Å². The van der Waals surface area contributed by atoms with Crippen molar-refractivity contribution in [3.63, 3.8) is 0 Å². The van der Waals surface area contributed by atoms with Gasteiger partial charge in [-0.05, 0) is 26.0 Å². The van der Waals surface area contributed by atoms with Gasteiger partial charge in [-0.3, -0.25) is 0 Å². The Morgan fingerprint density at radius 2 is 1.86 bits per heavy atom. The van der Waals surface area contributed by atoms with Crippen LogP contribution in [0, 0.1) is 0 Å². The first-order valence-corrected chi connectivity index (χ1v) is 7.21. The van der Waals surface area contributed by atoms with Crippen LogP contribution in [0.3, 0.4) is 0 Å². The number of hydrazone groups is 1. The molecule has 0 spiro atoms. The first kappa shape index (κ1) is 12.3. The molecule has 0 saturated heterocycles. The van der Waals surface area contributed by atoms with Crippen molar-refractivity contribution in [3.8, 4) is 0 Å². The number of anilines is 1. The minimum absolute atomic E-state index is 0.439. The molecule has 21 heavy (non-hydrogen) atoms. The second-order valence-corrected chi connectivity index (χ2v) is 5.63. The van der Waals surface area contributed by atoms with Crippen molar-refractivity contribution in [2.45, 2.75) is 19.9 Å². The van der Waals surface area contributed by atoms with E-state index in [-0.39, 0.29) is 0 Å². The molecule has 0 radical (unpaired) electrons. The second-order valence-electron chi connectivity index (χ2n) is 5.63. The zero-order valence-corrected chi connectivity index (χ0v) is 12.2. The predicted octanol–water partition coefficient (Wildman–Crippen LogP) is 4.02. The number of fused-ring (bicyclic) bond motifs is 3. The molecular weight excluding hydrogens is 262 g/mol. The van der Waals surface area contributed by atoms with Gasteiger partial charge in [0.05, 0.1) is 0 Å². The highest BCUT2D eigenvalue weighted by Gasteiger charge is 2.21. The van der Waals surface area contributed by atoms with Crippen LogP contribution < -0.4 is 5.01 Å². The van der Waals surface area contributed by atoms with E-state index in [1.807, 2.05) is 29.5 Å². The van der Waals surface area contributed by atoms with Crippen LogP contribution in [0.2, 0.25) is 0 Å². The SMILES string of the molecule is CC(C)N1C=NN(c2cccc3c2oc2ccccc23)C1. The lowest BCUT2D eigenvalue weighted by atomic mass is 10.1. The highest BCUT2D eigenvalue weighted by Crippen LogP contribution is 2.35. The van der Waals surface area contributed by atoms with Gasteiger partial charge >= 0.3 is 0 Å². The Hall–Kier alpha value is -2.49. The van der Waals surface area contributed by atoms with Crippen molar-refractivity contribution in [2.75, 3.05) is 11.7 Å². The molecule has 1 aromatic heterocycles. The van der Waals surface area contributed by atoms with Gasteiger partial charge < -0.3 is 9.32 Å². The lowest BCUT2D eigenvalue weighted by molar-refractivity contribution is 0.381. The van der Waals surface area contributed by atoms with Crippen molar-refractivity contribution in [3.05, 3.63) is 42.5 Å². The molecule has 3 aromatic rings. The highest BCUT2D eigenvalue weighted by molar-refractivity contribution is 6.08. The lowest BCUT2D eigenvalue weighted by Crippen LogP contribution is -2.32. The Morgan fingerprint density at radius 3 is 2.67 bits per heavy atom. The molecule has 1 aliphatic heterocycles. The summed E-state index contributed by atoms with van der Waals surface area (Å²) in [5.74, 6) is 0. The molecule has 4 heteroatoms. The fraction of sp³-hybridized carbons (Fsp3) is 0.235. The number of para-hydroxylation sites is 2. The smallest absolute Gasteiger partial charge is 0.160 e. The van der Waals surface area contributed by atoms with Crippen molar-refractivity contribution in [1.29, 1.82) is 0 Å². The summed E-state index contributed by atoms with van der Waals surface area (Å²) < 4.78 is 6.06. The van der Waals surface area contributed by atoms with Crippen molar-refractivity contribution in [1.82, 2.24) is 4.90 Å². The van der Waals surface area contributed by atoms with Gasteiger partial charge in [-0.1, -0.05) is 30.3 Å². The summed E-state index contributed by atoms with van der Waals surface area (Å²) in [4.78, 5) is 2.20. The maximum Gasteiger partial charge on any atom is 0.160 e. The Bertz CT molecular complexity index is 834. The quantitative estimate of drug-likeness (QED) is 0.710. The third kappa shape index (κ3) is 1.87. The summed E-state index contributed by atoms with van der Waals surface area (Å²) in [6.45, 7) is 5.09. The molecule has 1 aliphatic rings. The Balaban J connectivity index is 1.85. The average molecular weight is 279 g/mol. The van der Waals surface area contributed by atoms with E-state index in [1.54, 1.807) is 0 Å². The molecular formula is C17H17N3O. The highest BCUT2D eigenvalue weighted by atomic mass is 16.3. The summed E-state index contributed by atoms with van der Waals surface area (Å²) in [6, 6.07) is 14.8. The van der Waals surface area contributed by atoms with E-state index in [1.165, 1.54) is 0 Å². The van der Waals surface area contributed by atoms with E-state index >= 15 is 0 Å². The molecule has 106 valence electrons. The van der Waals surface area contributed by atoms with E-state index < -0.39 is 0 Å². The van der Waals surface area contributed by atoms with Crippen molar-refractivity contribution >= 4 is 34.0 Å². The van der Waals surface area contributed by atoms with Crippen molar-refractivity contribution < 1.29 is 4.42 Å². The summed E-state index contributed by atoms with van der Waals surface area (Å²) in [5.41, 5.74) is 2.84. The first-order chi connectivity index (χ1) is 10.2. The zero-order valence-electron chi connectivity index (χ0n) is 12.2. The second kappa shape index (κ2) is 4.52. The molecule has 0 fully saturated rings. The van der Waals surface area contributed by atoms with Gasteiger partial charge in [-0.2, -0.15) is 5.10 Å². The van der Waals surface area contributed by atoms with Crippen molar-refractivity contribution in [2.24, 2.45) is 5.10 Å². The van der Waals surface area contributed by atoms with Crippen LogP contribution >= 0.6 is 0 Å². The van der Waals surface area contributed by atoms with Crippen LogP contribution in [0.15, 0.2) is 52.0 Å². The third-order valence-electron chi connectivity index (χ3n) is 3.96. The van der Waals surface area contributed by atoms with E-state index in [2.05, 4.69) is 48.1 Å². The normalized spacial score (nSPS) is 15.0. The Morgan fingerprint density at radius 1 is 1.05 bits per heavy atom. The molecule has 4 nitrogen and oxygen atoms in total. The van der Waals surface area contributed by atoms with Gasteiger partial charge in [0, 0.05) is 16.8 Å². The summed E-state index contributed by atoms with van der Waals surface area (Å²) in [6.07, 6.45) is 1.89. The summed E-state index contributed by atoms with van der Waals surface area (Å²) >= 11 is 0. The van der Waals surface area contributed by atoms with Gasteiger partial charge in [0.15, 0.2) is 5.58 Å². The standard InChI is InChI=1S/C17H17N3O/c1-12(2)19-10-18-20(11-19)15-8-5-7-14-13-6-3-4-9-16(13)21-17(14)15/h3-10,12H,11H2,1-2H3. The topological polar surface area (TPSA) is 32.0 Å². The maximum absolute atomic E-state index is 6.06. The first-order valence-electron chi connectivity index (χ1n) is 7.21. The van der Waals surface area contributed by atoms with E-state index in [0.29, 0.717) is 6.04 Å². The lowest BCUT2D eigenvalue weighted by Gasteiger charge is -2.22. The van der Waals surface area contributed by atoms with E-state index in [9.17, 15) is 0 Å². The van der Waals surface area contributed by atoms with Gasteiger partial charge in [0.25, 0.3) is 0 Å². The van der Waals surface area contributed by atoms with Gasteiger partial charge in [0.1, 0.15) is 24.3 Å².